The van der Waals surface area contributed by atoms with Gasteiger partial charge in [0.05, 0.1) is 6.04 Å². The Kier molecular flexibility index (Phi) is 5.25. The molecule has 0 heterocycles. The number of halogens is 2. The second kappa shape index (κ2) is 6.24. The van der Waals surface area contributed by atoms with E-state index in [1.807, 2.05) is 13.0 Å². The Balaban J connectivity index is 2.76. The van der Waals surface area contributed by atoms with Crippen LogP contribution in [-0.4, -0.2) is 19.0 Å². The highest BCUT2D eigenvalue weighted by Gasteiger charge is 2.16. The molecule has 1 aromatic rings. The van der Waals surface area contributed by atoms with Gasteiger partial charge >= 0.3 is 0 Å². The van der Waals surface area contributed by atoms with Crippen LogP contribution in [0.2, 0.25) is 10.0 Å². The van der Waals surface area contributed by atoms with Crippen molar-refractivity contribution in [2.75, 3.05) is 7.05 Å². The lowest BCUT2D eigenvalue weighted by Crippen LogP contribution is -2.41. The van der Waals surface area contributed by atoms with Crippen molar-refractivity contribution in [2.45, 2.75) is 25.9 Å². The Labute approximate surface area is 111 Å². The van der Waals surface area contributed by atoms with Crippen molar-refractivity contribution in [2.24, 2.45) is 0 Å². The smallest absolute Gasteiger partial charge is 0.236 e. The number of carbonyl (C=O) groups excluding carboxylic acids is 1. The van der Waals surface area contributed by atoms with E-state index in [0.29, 0.717) is 10.0 Å². The molecule has 3 nitrogen and oxygen atoms in total. The predicted octanol–water partition coefficient (Wildman–Crippen LogP) is 2.78. The van der Waals surface area contributed by atoms with Crippen LogP contribution in [0, 0.1) is 0 Å². The van der Waals surface area contributed by atoms with Crippen LogP contribution in [0.25, 0.3) is 0 Å². The number of hydrogen-bond donors (Lipinski definition) is 2. The van der Waals surface area contributed by atoms with Crippen LogP contribution in [0.3, 0.4) is 0 Å². The van der Waals surface area contributed by atoms with Gasteiger partial charge in [0, 0.05) is 23.1 Å². The Bertz CT molecular complexity index is 409. The molecule has 1 aromatic carbocycles. The fraction of sp³-hybridized carbons (Fsp3) is 0.417. The Hall–Kier alpha value is -0.770. The minimum atomic E-state index is -0.276. The average molecular weight is 275 g/mol. The van der Waals surface area contributed by atoms with Crippen molar-refractivity contribution in [3.8, 4) is 0 Å². The first kappa shape index (κ1) is 14.3. The number of carbonyl (C=O) groups is 1. The van der Waals surface area contributed by atoms with Crippen LogP contribution in [0.4, 0.5) is 0 Å². The van der Waals surface area contributed by atoms with Crippen molar-refractivity contribution >= 4 is 29.1 Å². The SMILES string of the molecule is CNC(=O)C(C)NC(C)c1ccc(Cl)cc1Cl. The molecule has 0 spiro atoms. The predicted molar refractivity (Wildman–Crippen MR) is 71.5 cm³/mol. The van der Waals surface area contributed by atoms with Gasteiger partial charge in [-0.25, -0.2) is 0 Å². The number of likely N-dealkylation sites (N-methyl/N-ethyl adjacent to an activating group) is 1. The topological polar surface area (TPSA) is 41.1 Å². The molecule has 2 N–H and O–H groups in total. The number of benzene rings is 1. The molecule has 2 atom stereocenters. The van der Waals surface area contributed by atoms with Gasteiger partial charge in [0.15, 0.2) is 0 Å². The summed E-state index contributed by atoms with van der Waals surface area (Å²) in [6.45, 7) is 3.76. The maximum absolute atomic E-state index is 11.4. The first-order valence-corrected chi connectivity index (χ1v) is 6.14. The molecule has 0 radical (unpaired) electrons. The van der Waals surface area contributed by atoms with Crippen molar-refractivity contribution in [3.63, 3.8) is 0 Å². The van der Waals surface area contributed by atoms with Gasteiger partial charge in [-0.15, -0.1) is 0 Å². The van der Waals surface area contributed by atoms with E-state index in [0.717, 1.165) is 5.56 Å². The molecule has 0 saturated carbocycles. The van der Waals surface area contributed by atoms with Crippen molar-refractivity contribution < 1.29 is 4.79 Å². The van der Waals surface area contributed by atoms with E-state index in [2.05, 4.69) is 10.6 Å². The molecular formula is C12H16Cl2N2O. The van der Waals surface area contributed by atoms with Crippen LogP contribution in [0.15, 0.2) is 18.2 Å². The monoisotopic (exact) mass is 274 g/mol. The summed E-state index contributed by atoms with van der Waals surface area (Å²) >= 11 is 11.9. The zero-order chi connectivity index (χ0) is 13.0. The first-order valence-electron chi connectivity index (χ1n) is 5.38. The summed E-state index contributed by atoms with van der Waals surface area (Å²) in [6.07, 6.45) is 0. The number of amides is 1. The zero-order valence-corrected chi connectivity index (χ0v) is 11.6. The Morgan fingerprint density at radius 3 is 2.47 bits per heavy atom. The molecule has 0 fully saturated rings. The van der Waals surface area contributed by atoms with Gasteiger partial charge in [-0.05, 0) is 31.5 Å². The summed E-state index contributed by atoms with van der Waals surface area (Å²) in [5.74, 6) is -0.0538. The van der Waals surface area contributed by atoms with Gasteiger partial charge in [0.1, 0.15) is 0 Å². The van der Waals surface area contributed by atoms with Crippen LogP contribution in [-0.2, 0) is 4.79 Å². The highest BCUT2D eigenvalue weighted by atomic mass is 35.5. The Morgan fingerprint density at radius 2 is 1.94 bits per heavy atom. The van der Waals surface area contributed by atoms with E-state index in [1.54, 1.807) is 26.1 Å². The summed E-state index contributed by atoms with van der Waals surface area (Å²) in [6, 6.07) is 5.04. The van der Waals surface area contributed by atoms with E-state index in [1.165, 1.54) is 0 Å². The summed E-state index contributed by atoms with van der Waals surface area (Å²) in [5.41, 5.74) is 0.923. The lowest BCUT2D eigenvalue weighted by atomic mass is 10.1. The second-order valence-electron chi connectivity index (χ2n) is 3.89. The minimum Gasteiger partial charge on any atom is -0.358 e. The maximum Gasteiger partial charge on any atom is 0.236 e. The molecule has 1 rings (SSSR count). The average Bonchev–Trinajstić information content (AvgIpc) is 2.27. The molecule has 5 heteroatoms. The molecule has 0 aliphatic heterocycles. The third kappa shape index (κ3) is 3.87. The third-order valence-corrected chi connectivity index (χ3v) is 3.13. The minimum absolute atomic E-state index is 0.0212. The van der Waals surface area contributed by atoms with Crippen molar-refractivity contribution in [1.29, 1.82) is 0 Å². The van der Waals surface area contributed by atoms with Crippen LogP contribution < -0.4 is 10.6 Å². The summed E-state index contributed by atoms with van der Waals surface area (Å²) in [5, 5.41) is 6.96. The van der Waals surface area contributed by atoms with Gasteiger partial charge in [0.2, 0.25) is 5.91 Å². The first-order chi connectivity index (χ1) is 7.95. The normalized spacial score (nSPS) is 14.2. The quantitative estimate of drug-likeness (QED) is 0.887. The van der Waals surface area contributed by atoms with Crippen molar-refractivity contribution in [1.82, 2.24) is 10.6 Å². The van der Waals surface area contributed by atoms with Gasteiger partial charge < -0.3 is 5.32 Å². The largest absolute Gasteiger partial charge is 0.358 e. The Morgan fingerprint density at radius 1 is 1.29 bits per heavy atom. The van der Waals surface area contributed by atoms with E-state index in [4.69, 9.17) is 23.2 Å². The molecular weight excluding hydrogens is 259 g/mol. The van der Waals surface area contributed by atoms with Crippen LogP contribution in [0.1, 0.15) is 25.5 Å². The maximum atomic E-state index is 11.4. The van der Waals surface area contributed by atoms with Gasteiger partial charge in [-0.1, -0.05) is 29.3 Å². The molecule has 1 amide bonds. The lowest BCUT2D eigenvalue weighted by molar-refractivity contribution is -0.122. The van der Waals surface area contributed by atoms with E-state index in [-0.39, 0.29) is 18.0 Å². The molecule has 0 aliphatic carbocycles. The van der Waals surface area contributed by atoms with Crippen LogP contribution in [0.5, 0.6) is 0 Å². The standard InChI is InChI=1S/C12H16Cl2N2O/c1-7(16-8(2)12(17)15-3)10-5-4-9(13)6-11(10)14/h4-8,16H,1-3H3,(H,15,17). The second-order valence-corrected chi connectivity index (χ2v) is 4.73. The van der Waals surface area contributed by atoms with Gasteiger partial charge in [0.25, 0.3) is 0 Å². The molecule has 94 valence electrons. The van der Waals surface area contributed by atoms with Crippen molar-refractivity contribution in [3.05, 3.63) is 33.8 Å². The molecule has 0 aromatic heterocycles. The summed E-state index contributed by atoms with van der Waals surface area (Å²) < 4.78 is 0. The lowest BCUT2D eigenvalue weighted by Gasteiger charge is -2.20. The molecule has 0 bridgehead atoms. The van der Waals surface area contributed by atoms with Crippen LogP contribution >= 0.6 is 23.2 Å². The molecule has 0 aliphatic rings. The number of nitrogens with one attached hydrogen (secondary N) is 2. The fourth-order valence-electron chi connectivity index (χ4n) is 1.61. The molecule has 2 unspecified atom stereocenters. The number of hydrogen-bond acceptors (Lipinski definition) is 2. The number of rotatable bonds is 4. The van der Waals surface area contributed by atoms with E-state index in [9.17, 15) is 4.79 Å². The van der Waals surface area contributed by atoms with E-state index >= 15 is 0 Å². The highest BCUT2D eigenvalue weighted by Crippen LogP contribution is 2.26. The summed E-state index contributed by atoms with van der Waals surface area (Å²) in [7, 11) is 1.61. The van der Waals surface area contributed by atoms with Gasteiger partial charge in [-0.2, -0.15) is 0 Å². The fourth-order valence-corrected chi connectivity index (χ4v) is 2.18. The highest BCUT2D eigenvalue weighted by molar-refractivity contribution is 6.35. The van der Waals surface area contributed by atoms with Gasteiger partial charge in [-0.3, -0.25) is 10.1 Å². The molecule has 17 heavy (non-hydrogen) atoms. The van der Waals surface area contributed by atoms with E-state index < -0.39 is 0 Å². The third-order valence-electron chi connectivity index (χ3n) is 2.57. The summed E-state index contributed by atoms with van der Waals surface area (Å²) in [4.78, 5) is 11.4. The molecule has 0 saturated heterocycles. The zero-order valence-electron chi connectivity index (χ0n) is 10.1.